The Hall–Kier alpha value is -1.17. The van der Waals surface area contributed by atoms with Crippen molar-refractivity contribution in [2.45, 2.75) is 6.10 Å². The quantitative estimate of drug-likeness (QED) is 0.720. The van der Waals surface area contributed by atoms with Crippen LogP contribution in [0.2, 0.25) is 0 Å². The second-order valence-electron chi connectivity index (χ2n) is 3.05. The van der Waals surface area contributed by atoms with E-state index in [4.69, 9.17) is 5.73 Å². The zero-order valence-corrected chi connectivity index (χ0v) is 9.34. The normalized spacial score (nSPS) is 11.4. The van der Waals surface area contributed by atoms with Crippen molar-refractivity contribution in [3.63, 3.8) is 0 Å². The molecule has 1 aromatic rings. The van der Waals surface area contributed by atoms with Crippen LogP contribution < -0.4 is 11.1 Å². The molecule has 1 rings (SSSR count). The van der Waals surface area contributed by atoms with Crippen molar-refractivity contribution in [1.82, 2.24) is 5.32 Å². The highest BCUT2D eigenvalue weighted by Gasteiger charge is 2.12. The Morgan fingerprint density at radius 1 is 1.50 bits per heavy atom. The molecule has 0 aromatic heterocycles. The summed E-state index contributed by atoms with van der Waals surface area (Å²) in [4.78, 5) is 10.8. The Labute approximate surface area is 99.1 Å². The molecule has 0 bridgehead atoms. The molecule has 1 atom stereocenters. The van der Waals surface area contributed by atoms with Crippen LogP contribution in [0.5, 0.6) is 0 Å². The first-order valence-corrected chi connectivity index (χ1v) is 4.54. The molecule has 1 unspecified atom stereocenters. The first-order valence-electron chi connectivity index (χ1n) is 4.54. The van der Waals surface area contributed by atoms with Gasteiger partial charge in [-0.05, 0) is 6.07 Å². The number of carbonyl (C=O) groups is 1. The van der Waals surface area contributed by atoms with Crippen molar-refractivity contribution in [2.75, 3.05) is 13.1 Å². The van der Waals surface area contributed by atoms with Gasteiger partial charge in [0.15, 0.2) is 0 Å². The molecule has 16 heavy (non-hydrogen) atoms. The highest BCUT2D eigenvalue weighted by molar-refractivity contribution is 5.85. The summed E-state index contributed by atoms with van der Waals surface area (Å²) >= 11 is 0. The number of aliphatic hydroxyl groups is 1. The molecule has 0 saturated carbocycles. The van der Waals surface area contributed by atoms with Gasteiger partial charge in [0.1, 0.15) is 5.82 Å². The minimum Gasteiger partial charge on any atom is -0.386 e. The van der Waals surface area contributed by atoms with E-state index in [0.717, 1.165) is 0 Å². The average molecular weight is 249 g/mol. The van der Waals surface area contributed by atoms with Gasteiger partial charge in [-0.2, -0.15) is 0 Å². The van der Waals surface area contributed by atoms with Gasteiger partial charge in [0.2, 0.25) is 5.91 Å². The van der Waals surface area contributed by atoms with Crippen LogP contribution >= 0.6 is 12.4 Å². The third-order valence-corrected chi connectivity index (χ3v) is 1.94. The van der Waals surface area contributed by atoms with Gasteiger partial charge in [0, 0.05) is 12.1 Å². The number of amides is 1. The summed E-state index contributed by atoms with van der Waals surface area (Å²) in [5.41, 5.74) is 5.22. The molecule has 0 radical (unpaired) electrons. The van der Waals surface area contributed by atoms with E-state index >= 15 is 0 Å². The molecule has 1 aromatic carbocycles. The van der Waals surface area contributed by atoms with Crippen molar-refractivity contribution in [3.05, 3.63) is 35.6 Å². The Balaban J connectivity index is 0.00000225. The van der Waals surface area contributed by atoms with E-state index in [0.29, 0.717) is 0 Å². The maximum atomic E-state index is 13.1. The van der Waals surface area contributed by atoms with Crippen LogP contribution in [-0.4, -0.2) is 24.1 Å². The molecule has 0 aliphatic rings. The van der Waals surface area contributed by atoms with Crippen LogP contribution in [0.1, 0.15) is 11.7 Å². The van der Waals surface area contributed by atoms with Crippen molar-refractivity contribution in [1.29, 1.82) is 0 Å². The highest BCUT2D eigenvalue weighted by atomic mass is 35.5. The van der Waals surface area contributed by atoms with Gasteiger partial charge in [-0.1, -0.05) is 18.2 Å². The van der Waals surface area contributed by atoms with Crippen LogP contribution in [0.25, 0.3) is 0 Å². The van der Waals surface area contributed by atoms with Crippen LogP contribution in [0.4, 0.5) is 4.39 Å². The topological polar surface area (TPSA) is 75.4 Å². The molecule has 0 spiro atoms. The second kappa shape index (κ2) is 7.16. The molecule has 0 aliphatic carbocycles. The predicted octanol–water partition coefficient (Wildman–Crippen LogP) is 0.356. The van der Waals surface area contributed by atoms with Crippen LogP contribution in [0, 0.1) is 5.82 Å². The Bertz CT molecular complexity index is 349. The van der Waals surface area contributed by atoms with Gasteiger partial charge in [-0.3, -0.25) is 4.79 Å². The summed E-state index contributed by atoms with van der Waals surface area (Å²) in [5, 5.41) is 11.9. The molecule has 1 amide bonds. The van der Waals surface area contributed by atoms with Crippen LogP contribution in [0.3, 0.4) is 0 Å². The molecule has 0 heterocycles. The predicted molar refractivity (Wildman–Crippen MR) is 60.7 cm³/mol. The average Bonchev–Trinajstić information content (AvgIpc) is 2.26. The van der Waals surface area contributed by atoms with Crippen molar-refractivity contribution < 1.29 is 14.3 Å². The molecule has 0 saturated heterocycles. The molecule has 90 valence electrons. The molecule has 4 nitrogen and oxygen atoms in total. The molecular weight excluding hydrogens is 235 g/mol. The first kappa shape index (κ1) is 14.8. The number of nitrogens with one attached hydrogen (secondary N) is 1. The van der Waals surface area contributed by atoms with E-state index in [1.165, 1.54) is 18.2 Å². The fourth-order valence-electron chi connectivity index (χ4n) is 1.14. The molecule has 0 aliphatic heterocycles. The van der Waals surface area contributed by atoms with Gasteiger partial charge in [-0.15, -0.1) is 12.4 Å². The number of carbonyl (C=O) groups excluding carboxylic acids is 1. The number of hydrogen-bond donors (Lipinski definition) is 3. The standard InChI is InChI=1S/C10H13FN2O2.ClH/c11-8-4-2-1-3-7(8)9(14)6-13-10(15)5-12;/h1-4,9,14H,5-6,12H2,(H,13,15);1H. The van der Waals surface area contributed by atoms with E-state index in [-0.39, 0.29) is 37.0 Å². The van der Waals surface area contributed by atoms with E-state index in [2.05, 4.69) is 5.32 Å². The van der Waals surface area contributed by atoms with Gasteiger partial charge in [-0.25, -0.2) is 4.39 Å². The Morgan fingerprint density at radius 3 is 2.69 bits per heavy atom. The minimum absolute atomic E-state index is 0. The third-order valence-electron chi connectivity index (χ3n) is 1.94. The summed E-state index contributed by atoms with van der Waals surface area (Å²) < 4.78 is 13.1. The number of benzene rings is 1. The van der Waals surface area contributed by atoms with E-state index in [1.807, 2.05) is 0 Å². The summed E-state index contributed by atoms with van der Waals surface area (Å²) in [7, 11) is 0. The zero-order chi connectivity index (χ0) is 11.3. The molecular formula is C10H14ClFN2O2. The smallest absolute Gasteiger partial charge is 0.233 e. The largest absolute Gasteiger partial charge is 0.386 e. The number of rotatable bonds is 4. The van der Waals surface area contributed by atoms with Gasteiger partial charge in [0.05, 0.1) is 12.6 Å². The molecule has 6 heteroatoms. The van der Waals surface area contributed by atoms with Crippen molar-refractivity contribution in [3.8, 4) is 0 Å². The summed E-state index contributed by atoms with van der Waals surface area (Å²) in [6.07, 6.45) is -1.05. The van der Waals surface area contributed by atoms with E-state index in [1.54, 1.807) is 6.07 Å². The fraction of sp³-hybridized carbons (Fsp3) is 0.300. The lowest BCUT2D eigenvalue weighted by Gasteiger charge is -2.12. The first-order chi connectivity index (χ1) is 7.15. The monoisotopic (exact) mass is 248 g/mol. The molecule has 0 fully saturated rings. The zero-order valence-electron chi connectivity index (χ0n) is 8.52. The fourth-order valence-corrected chi connectivity index (χ4v) is 1.14. The van der Waals surface area contributed by atoms with Crippen molar-refractivity contribution >= 4 is 18.3 Å². The number of nitrogens with two attached hydrogens (primary N) is 1. The van der Waals surface area contributed by atoms with E-state index in [9.17, 15) is 14.3 Å². The maximum Gasteiger partial charge on any atom is 0.233 e. The van der Waals surface area contributed by atoms with Gasteiger partial charge < -0.3 is 16.2 Å². The lowest BCUT2D eigenvalue weighted by molar-refractivity contribution is -0.120. The number of hydrogen-bond acceptors (Lipinski definition) is 3. The molecule has 4 N–H and O–H groups in total. The minimum atomic E-state index is -1.05. The maximum absolute atomic E-state index is 13.1. The van der Waals surface area contributed by atoms with Crippen LogP contribution in [-0.2, 0) is 4.79 Å². The second-order valence-corrected chi connectivity index (χ2v) is 3.05. The summed E-state index contributed by atoms with van der Waals surface area (Å²) in [6, 6.07) is 5.87. The highest BCUT2D eigenvalue weighted by Crippen LogP contribution is 2.15. The lowest BCUT2D eigenvalue weighted by atomic mass is 10.1. The number of halogens is 2. The lowest BCUT2D eigenvalue weighted by Crippen LogP contribution is -2.33. The summed E-state index contributed by atoms with van der Waals surface area (Å²) in [6.45, 7) is -0.193. The van der Waals surface area contributed by atoms with Crippen LogP contribution in [0.15, 0.2) is 24.3 Å². The number of aliphatic hydroxyl groups excluding tert-OH is 1. The van der Waals surface area contributed by atoms with Gasteiger partial charge >= 0.3 is 0 Å². The summed E-state index contributed by atoms with van der Waals surface area (Å²) in [5.74, 6) is -0.877. The Kier molecular flexibility index (Phi) is 6.64. The Morgan fingerprint density at radius 2 is 2.12 bits per heavy atom. The van der Waals surface area contributed by atoms with E-state index < -0.39 is 11.9 Å². The SMILES string of the molecule is Cl.NCC(=O)NCC(O)c1ccccc1F. The van der Waals surface area contributed by atoms with Gasteiger partial charge in [0.25, 0.3) is 0 Å². The van der Waals surface area contributed by atoms with Crippen molar-refractivity contribution in [2.24, 2.45) is 5.73 Å². The third kappa shape index (κ3) is 4.14.